The van der Waals surface area contributed by atoms with Crippen molar-refractivity contribution in [2.75, 3.05) is 0 Å². The van der Waals surface area contributed by atoms with Gasteiger partial charge in [-0.2, -0.15) is 0 Å². The summed E-state index contributed by atoms with van der Waals surface area (Å²) in [7, 11) is -2.77. The maximum absolute atomic E-state index is 11.8. The van der Waals surface area contributed by atoms with E-state index in [1.807, 2.05) is 0 Å². The fraction of sp³-hybridized carbons (Fsp3) is 0.364. The van der Waals surface area contributed by atoms with E-state index >= 15 is 0 Å². The molecule has 0 aromatic heterocycles. The molecule has 1 amide bonds. The lowest BCUT2D eigenvalue weighted by Crippen LogP contribution is -2.38. The van der Waals surface area contributed by atoms with Gasteiger partial charge in [0.15, 0.2) is 0 Å². The van der Waals surface area contributed by atoms with Crippen molar-refractivity contribution in [2.24, 2.45) is 5.73 Å². The molecule has 0 radical (unpaired) electrons. The van der Waals surface area contributed by atoms with Gasteiger partial charge in [0.2, 0.25) is 5.91 Å². The highest BCUT2D eigenvalue weighted by molar-refractivity contribution is 8.71. The predicted octanol–water partition coefficient (Wildman–Crippen LogP) is 1.51. The minimum absolute atomic E-state index is 0.348. The Bertz CT molecular complexity index is 530. The smallest absolute Gasteiger partial charge is 0.269 e. The number of benzene rings is 1. The number of rotatable bonds is 4. The quantitative estimate of drug-likeness (QED) is 0.822. The molecule has 5 nitrogen and oxygen atoms in total. The molecule has 0 saturated heterocycles. The third kappa shape index (κ3) is 5.07. The standard InChI is InChI=1S/C11H16N2O3S2/c1-11(2,3)13-18(15,16)17-9-6-4-8(5-7-9)10(12)14/h4-7,13H,1-3H3,(H2,12,14). The summed E-state index contributed by atoms with van der Waals surface area (Å²) in [6.45, 7) is 5.30. The van der Waals surface area contributed by atoms with Gasteiger partial charge in [-0.15, -0.1) is 0 Å². The minimum Gasteiger partial charge on any atom is -0.366 e. The number of hydrogen-bond donors (Lipinski definition) is 2. The van der Waals surface area contributed by atoms with Crippen LogP contribution in [-0.4, -0.2) is 19.9 Å². The van der Waals surface area contributed by atoms with Crippen molar-refractivity contribution in [3.63, 3.8) is 0 Å². The lowest BCUT2D eigenvalue weighted by molar-refractivity contribution is 0.1000. The Balaban J connectivity index is 2.82. The fourth-order valence-corrected chi connectivity index (χ4v) is 4.46. The maximum atomic E-state index is 11.8. The molecule has 0 saturated carbocycles. The van der Waals surface area contributed by atoms with Gasteiger partial charge in [0.1, 0.15) is 0 Å². The second kappa shape index (κ2) is 5.29. The Hall–Kier alpha value is -1.05. The number of nitrogens with one attached hydrogen (secondary N) is 1. The van der Waals surface area contributed by atoms with Crippen LogP contribution in [-0.2, 0) is 9.06 Å². The highest BCUT2D eigenvalue weighted by Gasteiger charge is 2.21. The topological polar surface area (TPSA) is 89.3 Å². The average Bonchev–Trinajstić information content (AvgIpc) is 2.13. The van der Waals surface area contributed by atoms with E-state index in [0.717, 1.165) is 0 Å². The fourth-order valence-electron chi connectivity index (χ4n) is 1.20. The van der Waals surface area contributed by atoms with Gasteiger partial charge in [-0.05, 0) is 45.0 Å². The summed E-state index contributed by atoms with van der Waals surface area (Å²) in [6, 6.07) is 6.09. The van der Waals surface area contributed by atoms with E-state index in [9.17, 15) is 13.2 Å². The molecule has 0 spiro atoms. The molecule has 0 fully saturated rings. The van der Waals surface area contributed by atoms with Crippen molar-refractivity contribution in [2.45, 2.75) is 31.2 Å². The van der Waals surface area contributed by atoms with Crippen molar-refractivity contribution in [1.82, 2.24) is 4.72 Å². The van der Waals surface area contributed by atoms with Crippen LogP contribution < -0.4 is 10.5 Å². The average molecular weight is 288 g/mol. The van der Waals surface area contributed by atoms with Gasteiger partial charge in [-0.25, -0.2) is 13.1 Å². The molecule has 0 bridgehead atoms. The van der Waals surface area contributed by atoms with Gasteiger partial charge in [0, 0.05) is 26.8 Å². The first-order valence-corrected chi connectivity index (χ1v) is 8.04. The molecular formula is C11H16N2O3S2. The van der Waals surface area contributed by atoms with E-state index in [2.05, 4.69) is 4.72 Å². The number of nitrogens with two attached hydrogens (primary N) is 1. The zero-order chi connectivity index (χ0) is 14.0. The molecule has 1 aromatic carbocycles. The normalized spacial score (nSPS) is 12.4. The summed E-state index contributed by atoms with van der Waals surface area (Å²) in [6.07, 6.45) is 0. The monoisotopic (exact) mass is 288 g/mol. The zero-order valence-electron chi connectivity index (χ0n) is 10.4. The molecule has 18 heavy (non-hydrogen) atoms. The van der Waals surface area contributed by atoms with Crippen LogP contribution in [0.1, 0.15) is 31.1 Å². The lowest BCUT2D eigenvalue weighted by Gasteiger charge is -2.19. The third-order valence-corrected chi connectivity index (χ3v) is 4.81. The Morgan fingerprint density at radius 3 is 2.11 bits per heavy atom. The van der Waals surface area contributed by atoms with Gasteiger partial charge in [0.25, 0.3) is 9.06 Å². The first kappa shape index (κ1) is 15.0. The highest BCUT2D eigenvalue weighted by Crippen LogP contribution is 2.25. The van der Waals surface area contributed by atoms with Gasteiger partial charge < -0.3 is 5.73 Å². The van der Waals surface area contributed by atoms with Crippen molar-refractivity contribution in [3.05, 3.63) is 29.8 Å². The number of amides is 1. The molecule has 3 N–H and O–H groups in total. The molecule has 1 aromatic rings. The second-order valence-corrected chi connectivity index (χ2v) is 8.35. The number of hydrogen-bond acceptors (Lipinski definition) is 4. The van der Waals surface area contributed by atoms with E-state index in [1.54, 1.807) is 32.9 Å². The zero-order valence-corrected chi connectivity index (χ0v) is 12.1. The molecule has 0 aliphatic rings. The van der Waals surface area contributed by atoms with Crippen LogP contribution in [0.25, 0.3) is 0 Å². The van der Waals surface area contributed by atoms with Crippen LogP contribution in [0.4, 0.5) is 0 Å². The van der Waals surface area contributed by atoms with E-state index in [1.165, 1.54) is 12.1 Å². The largest absolute Gasteiger partial charge is 0.366 e. The molecule has 0 aliphatic heterocycles. The highest BCUT2D eigenvalue weighted by atomic mass is 33.1. The SMILES string of the molecule is CC(C)(C)NS(=O)(=O)Sc1ccc(C(N)=O)cc1. The minimum atomic E-state index is -3.47. The van der Waals surface area contributed by atoms with Gasteiger partial charge in [0.05, 0.1) is 0 Å². The number of primary amides is 1. The summed E-state index contributed by atoms with van der Waals surface area (Å²) in [5.41, 5.74) is 4.92. The number of carbonyl (C=O) groups excluding carboxylic acids is 1. The Morgan fingerprint density at radius 2 is 1.72 bits per heavy atom. The lowest BCUT2D eigenvalue weighted by atomic mass is 10.1. The van der Waals surface area contributed by atoms with Crippen LogP contribution in [0, 0.1) is 0 Å². The molecule has 0 aliphatic carbocycles. The Labute approximate surface area is 111 Å². The van der Waals surface area contributed by atoms with E-state index in [4.69, 9.17) is 5.73 Å². The van der Waals surface area contributed by atoms with E-state index in [0.29, 0.717) is 21.3 Å². The summed E-state index contributed by atoms with van der Waals surface area (Å²) in [4.78, 5) is 11.4. The molecular weight excluding hydrogens is 272 g/mol. The van der Waals surface area contributed by atoms with Crippen molar-refractivity contribution >= 4 is 25.8 Å². The van der Waals surface area contributed by atoms with Crippen LogP contribution >= 0.6 is 10.8 Å². The molecule has 0 unspecified atom stereocenters. The molecule has 0 atom stereocenters. The van der Waals surface area contributed by atoms with E-state index in [-0.39, 0.29) is 0 Å². The van der Waals surface area contributed by atoms with Gasteiger partial charge in [-0.3, -0.25) is 4.79 Å². The first-order chi connectivity index (χ1) is 8.09. The molecule has 100 valence electrons. The summed E-state index contributed by atoms with van der Waals surface area (Å²) >= 11 is 0. The number of carbonyl (C=O) groups is 1. The molecule has 1 rings (SSSR count). The predicted molar refractivity (Wildman–Crippen MR) is 72.6 cm³/mol. The van der Waals surface area contributed by atoms with Crippen molar-refractivity contribution in [3.8, 4) is 0 Å². The third-order valence-electron chi connectivity index (χ3n) is 1.78. The van der Waals surface area contributed by atoms with Crippen LogP contribution in [0.2, 0.25) is 0 Å². The maximum Gasteiger partial charge on any atom is 0.269 e. The van der Waals surface area contributed by atoms with Crippen molar-refractivity contribution in [1.29, 1.82) is 0 Å². The molecule has 0 heterocycles. The van der Waals surface area contributed by atoms with Gasteiger partial charge in [-0.1, -0.05) is 0 Å². The van der Waals surface area contributed by atoms with Crippen LogP contribution in [0.15, 0.2) is 29.2 Å². The second-order valence-electron chi connectivity index (χ2n) is 4.78. The van der Waals surface area contributed by atoms with Crippen molar-refractivity contribution < 1.29 is 13.2 Å². The summed E-state index contributed by atoms with van der Waals surface area (Å²) in [5, 5.41) is 0. The summed E-state index contributed by atoms with van der Waals surface area (Å²) < 4.78 is 26.1. The first-order valence-electron chi connectivity index (χ1n) is 5.22. The van der Waals surface area contributed by atoms with E-state index < -0.39 is 20.5 Å². The van der Waals surface area contributed by atoms with Crippen LogP contribution in [0.5, 0.6) is 0 Å². The Kier molecular flexibility index (Phi) is 4.41. The van der Waals surface area contributed by atoms with Gasteiger partial charge >= 0.3 is 0 Å². The summed E-state index contributed by atoms with van der Waals surface area (Å²) in [5.74, 6) is -0.540. The Morgan fingerprint density at radius 1 is 1.22 bits per heavy atom. The molecule has 7 heteroatoms. The van der Waals surface area contributed by atoms with Crippen LogP contribution in [0.3, 0.4) is 0 Å².